The first-order valence-electron chi connectivity index (χ1n) is 4.56. The zero-order chi connectivity index (χ0) is 25.0. The first-order valence-corrected chi connectivity index (χ1v) is 4.56. The first-order chi connectivity index (χ1) is 12.1. The smallest absolute Gasteiger partial charge is 1.45 e. The molecule has 0 aromatic heterocycles. The maximum atomic E-state index is 8.56. The second-order valence-electron chi connectivity index (χ2n) is 1.98. The number of amides is 7. The predicted molar refractivity (Wildman–Crippen MR) is 91.2 cm³/mol. The number of carbonyl (C=O) groups is 7. The summed E-state index contributed by atoms with van der Waals surface area (Å²) in [5.41, 5.74) is 48.8. The minimum absolute atomic E-state index is 0. The van der Waals surface area contributed by atoms with Gasteiger partial charge in [0.15, 0.2) is 0 Å². The number of hydrogen-bond donors (Lipinski definition) is 7. The van der Waals surface area contributed by atoms with Gasteiger partial charge < -0.3 is 109 Å². The van der Waals surface area contributed by atoms with Gasteiger partial charge in [0, 0.05) is 42.7 Å². The Morgan fingerprint density at radius 3 is 0.312 bits per heavy atom. The molecule has 25 heteroatoms. The van der Waals surface area contributed by atoms with Gasteiger partial charge in [-0.1, -0.05) is 0 Å². The molecule has 0 spiro atoms. The molecular formula is C7H7Al2N7O14Ti2. The third-order valence-corrected chi connectivity index (χ3v) is 0. The minimum Gasteiger partial charge on any atom is -1.45 e. The van der Waals surface area contributed by atoms with Gasteiger partial charge in [-0.15, -0.1) is 0 Å². The van der Waals surface area contributed by atoms with E-state index in [1.54, 1.807) is 0 Å². The monoisotopic (exact) mass is 563 g/mol. The summed E-state index contributed by atoms with van der Waals surface area (Å²) in [4.78, 5) is 59.9. The molecule has 0 heterocycles. The van der Waals surface area contributed by atoms with Crippen LogP contribution in [0.5, 0.6) is 0 Å². The van der Waals surface area contributed by atoms with Crippen molar-refractivity contribution in [1.29, 1.82) is 0 Å². The van der Waals surface area contributed by atoms with E-state index in [2.05, 4.69) is 0 Å². The summed E-state index contributed by atoms with van der Waals surface area (Å²) in [7, 11) is 0. The van der Waals surface area contributed by atoms with E-state index in [1.165, 1.54) is 0 Å². The van der Waals surface area contributed by atoms with E-state index >= 15 is 0 Å². The fraction of sp³-hybridized carbons (Fsp3) is 0. The standard InChI is InChI=1S/7CHNO2.2Al.2Ti/c7*2-1(3)4;;;;/h7*(H,3,4);;;;/q7*-2;2*+3;2*+4. The average molecular weight is 563 g/mol. The Balaban J connectivity index is -0.0000000175. The maximum absolute atomic E-state index is 8.56. The van der Waals surface area contributed by atoms with Crippen molar-refractivity contribution < 1.29 is 113 Å². The molecule has 0 aliphatic rings. The number of nitrogens with zero attached hydrogens (tertiary/aromatic N) is 7. The molecule has 32 heavy (non-hydrogen) atoms. The van der Waals surface area contributed by atoms with E-state index in [9.17, 15) is 0 Å². The molecule has 0 aliphatic heterocycles. The number of rotatable bonds is 0. The van der Waals surface area contributed by atoms with Crippen molar-refractivity contribution in [2.24, 2.45) is 0 Å². The topological polar surface area (TPSA) is 417 Å². The van der Waals surface area contributed by atoms with Crippen LogP contribution in [0.15, 0.2) is 0 Å². The molecule has 7 amide bonds. The van der Waals surface area contributed by atoms with Crippen molar-refractivity contribution in [3.05, 3.63) is 40.1 Å². The average Bonchev–Trinajstić information content (AvgIpc) is 2.20. The Morgan fingerprint density at radius 2 is 0.312 bits per heavy atom. The normalized spacial score (nSPS) is 5.25. The summed E-state index contributed by atoms with van der Waals surface area (Å²) in [6.45, 7) is 0. The van der Waals surface area contributed by atoms with Gasteiger partial charge in [-0.3, -0.25) is 0 Å². The fourth-order valence-corrected chi connectivity index (χ4v) is 0. The summed E-state index contributed by atoms with van der Waals surface area (Å²) < 4.78 is 0. The van der Waals surface area contributed by atoms with Crippen molar-refractivity contribution in [1.82, 2.24) is 0 Å². The van der Waals surface area contributed by atoms with Crippen LogP contribution in [-0.2, 0) is 43.4 Å². The van der Waals surface area contributed by atoms with E-state index in [0.29, 0.717) is 0 Å². The molecule has 0 atom stereocenters. The molecule has 0 unspecified atom stereocenters. The second-order valence-corrected chi connectivity index (χ2v) is 1.98. The van der Waals surface area contributed by atoms with Gasteiger partial charge in [-0.25, -0.2) is 0 Å². The van der Waals surface area contributed by atoms with Crippen molar-refractivity contribution in [3.8, 4) is 0 Å². The molecule has 0 aromatic carbocycles. The molecule has 0 bridgehead atoms. The first kappa shape index (κ1) is 70.0. The predicted octanol–water partition coefficient (Wildman–Crippen LogP) is 2.75. The van der Waals surface area contributed by atoms with Gasteiger partial charge >= 0.3 is 78.2 Å². The molecule has 168 valence electrons. The van der Waals surface area contributed by atoms with E-state index < -0.39 is 42.7 Å². The Morgan fingerprint density at radius 1 is 0.312 bits per heavy atom. The molecule has 0 aliphatic carbocycles. The van der Waals surface area contributed by atoms with E-state index in [-0.39, 0.29) is 78.2 Å². The van der Waals surface area contributed by atoms with Crippen LogP contribution in [0.2, 0.25) is 0 Å². The van der Waals surface area contributed by atoms with E-state index in [0.717, 1.165) is 0 Å². The number of hydrogen-bond acceptors (Lipinski definition) is 7. The second kappa shape index (κ2) is 63.0. The van der Waals surface area contributed by atoms with Gasteiger partial charge in [0.25, 0.3) is 0 Å². The summed E-state index contributed by atoms with van der Waals surface area (Å²) in [6.07, 6.45) is -12.8. The van der Waals surface area contributed by atoms with Crippen molar-refractivity contribution in [2.75, 3.05) is 0 Å². The Labute approximate surface area is 229 Å². The van der Waals surface area contributed by atoms with Gasteiger partial charge in [-0.05, 0) is 0 Å². The quantitative estimate of drug-likeness (QED) is 0.208. The van der Waals surface area contributed by atoms with Crippen LogP contribution in [0.4, 0.5) is 33.6 Å². The summed E-state index contributed by atoms with van der Waals surface area (Å²) in [5, 5.41) is 48.8. The van der Waals surface area contributed by atoms with Crippen LogP contribution in [0, 0.1) is 0 Å². The maximum Gasteiger partial charge on any atom is 4.00 e. The Hall–Kier alpha value is -2.62. The van der Waals surface area contributed by atoms with Crippen LogP contribution in [0.3, 0.4) is 0 Å². The van der Waals surface area contributed by atoms with E-state index in [4.69, 9.17) is 109 Å². The molecule has 0 rings (SSSR count). The van der Waals surface area contributed by atoms with Crippen molar-refractivity contribution in [2.45, 2.75) is 0 Å². The number of carboxylic acid groups (broad SMARTS) is 7. The fourth-order valence-electron chi connectivity index (χ4n) is 0. The summed E-state index contributed by atoms with van der Waals surface area (Å²) >= 11 is 0. The summed E-state index contributed by atoms with van der Waals surface area (Å²) in [6, 6.07) is 0. The largest absolute Gasteiger partial charge is 4.00 e. The van der Waals surface area contributed by atoms with Crippen LogP contribution in [0.25, 0.3) is 40.1 Å². The Kier molecular flexibility index (Phi) is 138. The van der Waals surface area contributed by atoms with Gasteiger partial charge in [0.1, 0.15) is 0 Å². The van der Waals surface area contributed by atoms with E-state index in [1.807, 2.05) is 0 Å². The zero-order valence-corrected chi connectivity index (χ0v) is 20.2. The molecular weight excluding hydrogens is 556 g/mol. The van der Waals surface area contributed by atoms with Gasteiger partial charge in [0.2, 0.25) is 0 Å². The van der Waals surface area contributed by atoms with Gasteiger partial charge in [-0.2, -0.15) is 0 Å². The molecule has 0 saturated heterocycles. The molecule has 0 fully saturated rings. The molecule has 21 nitrogen and oxygen atoms in total. The van der Waals surface area contributed by atoms with Crippen LogP contribution in [0.1, 0.15) is 0 Å². The van der Waals surface area contributed by atoms with Crippen LogP contribution < -0.4 is 0 Å². The molecule has 0 aromatic rings. The summed E-state index contributed by atoms with van der Waals surface area (Å²) in [5.74, 6) is 0. The molecule has 7 N–H and O–H groups in total. The van der Waals surface area contributed by atoms with Crippen molar-refractivity contribution in [3.63, 3.8) is 0 Å². The Bertz CT molecular complexity index is 342. The SMILES string of the molecule is [Al+3].[Al+3].[N-2]C(=O)O.[N-2]C(=O)O.[N-2]C(=O)O.[N-2]C(=O)O.[N-2]C(=O)O.[N-2]C(=O)O.[N-2]C(=O)O.[Ti+4].[Ti+4]. The zero-order valence-electron chi connectivity index (χ0n) is 14.8. The van der Waals surface area contributed by atoms with Gasteiger partial charge in [0.05, 0.1) is 0 Å². The van der Waals surface area contributed by atoms with Crippen LogP contribution in [-0.4, -0.2) is 113 Å². The minimum atomic E-state index is -1.83. The van der Waals surface area contributed by atoms with Crippen molar-refractivity contribution >= 4 is 77.4 Å². The third-order valence-electron chi connectivity index (χ3n) is 0. The molecule has 0 radical (unpaired) electrons. The van der Waals surface area contributed by atoms with Crippen LogP contribution >= 0.6 is 0 Å². The molecule has 0 saturated carbocycles. The third kappa shape index (κ3) is 2780.